The van der Waals surface area contributed by atoms with Crippen molar-refractivity contribution >= 4 is 29.4 Å². The van der Waals surface area contributed by atoms with Crippen molar-refractivity contribution in [2.75, 3.05) is 19.6 Å². The van der Waals surface area contributed by atoms with Gasteiger partial charge in [0.15, 0.2) is 0 Å². The molecule has 0 aliphatic carbocycles. The van der Waals surface area contributed by atoms with Crippen molar-refractivity contribution in [1.29, 1.82) is 0 Å². The van der Waals surface area contributed by atoms with Crippen molar-refractivity contribution in [3.8, 4) is 0 Å². The molecule has 0 atom stereocenters. The first-order chi connectivity index (χ1) is 12.4. The number of fused-ring (bicyclic) bond motifs is 1. The van der Waals surface area contributed by atoms with Gasteiger partial charge in [-0.25, -0.2) is 9.78 Å². The number of nitrogens with zero attached hydrogens (tertiary/aromatic N) is 1. The molecule has 9 heteroatoms. The van der Waals surface area contributed by atoms with Crippen LogP contribution in [0.3, 0.4) is 0 Å². The van der Waals surface area contributed by atoms with Crippen LogP contribution in [0.4, 0.5) is 4.79 Å². The molecular formula is C17H25N5O4. The lowest BCUT2D eigenvalue weighted by Gasteiger charge is -2.07. The molecule has 0 unspecified atom stereocenters. The maximum atomic E-state index is 11.6. The maximum Gasteiger partial charge on any atom is 0.314 e. The van der Waals surface area contributed by atoms with Crippen molar-refractivity contribution in [2.45, 2.75) is 27.2 Å². The second-order valence-corrected chi connectivity index (χ2v) is 5.61. The van der Waals surface area contributed by atoms with Crippen molar-refractivity contribution < 1.29 is 19.5 Å². The zero-order valence-electron chi connectivity index (χ0n) is 15.2. The van der Waals surface area contributed by atoms with Crippen LogP contribution in [0.25, 0.3) is 11.0 Å². The molecule has 1 aromatic heterocycles. The van der Waals surface area contributed by atoms with E-state index >= 15 is 0 Å². The minimum absolute atomic E-state index is 0.109. The van der Waals surface area contributed by atoms with Crippen molar-refractivity contribution in [3.05, 3.63) is 29.1 Å². The highest BCUT2D eigenvalue weighted by molar-refractivity contribution is 5.80. The van der Waals surface area contributed by atoms with E-state index in [9.17, 15) is 9.59 Å². The number of aromatic amines is 1. The quantitative estimate of drug-likeness (QED) is 0.383. The fraction of sp³-hybridized carbons (Fsp3) is 0.412. The Hall–Kier alpha value is -3.10. The van der Waals surface area contributed by atoms with Gasteiger partial charge in [0.1, 0.15) is 5.82 Å². The van der Waals surface area contributed by atoms with Crippen molar-refractivity contribution in [3.63, 3.8) is 0 Å². The highest BCUT2D eigenvalue weighted by atomic mass is 16.3. The number of aromatic nitrogens is 2. The number of hydrogen-bond donors (Lipinski definition) is 5. The normalized spacial score (nSPS) is 9.81. The Labute approximate surface area is 151 Å². The Balaban J connectivity index is 0.00000105. The summed E-state index contributed by atoms with van der Waals surface area (Å²) in [5.74, 6) is 0.745. The smallest absolute Gasteiger partial charge is 0.314 e. The second kappa shape index (κ2) is 10.7. The Morgan fingerprint density at radius 1 is 1.15 bits per heavy atom. The summed E-state index contributed by atoms with van der Waals surface area (Å²) in [5, 5.41) is 14.9. The summed E-state index contributed by atoms with van der Waals surface area (Å²) in [6.07, 6.45) is 0.631. The van der Waals surface area contributed by atoms with Gasteiger partial charge in [0.05, 0.1) is 11.0 Å². The number of imidazole rings is 1. The SMILES string of the molecule is CC(=O)NCCNC(=O)NCCc1nc2c(C)c(C)ccc2[nH]1.O=CO. The Morgan fingerprint density at radius 3 is 2.42 bits per heavy atom. The number of amides is 3. The number of carbonyl (C=O) groups excluding carboxylic acids is 2. The first-order valence-corrected chi connectivity index (χ1v) is 8.17. The van der Waals surface area contributed by atoms with Gasteiger partial charge in [-0.3, -0.25) is 9.59 Å². The van der Waals surface area contributed by atoms with Crippen LogP contribution in [0.15, 0.2) is 12.1 Å². The Morgan fingerprint density at radius 2 is 1.77 bits per heavy atom. The summed E-state index contributed by atoms with van der Waals surface area (Å²) in [6, 6.07) is 3.84. The minimum atomic E-state index is -0.251. The van der Waals surface area contributed by atoms with Crippen LogP contribution in [0.5, 0.6) is 0 Å². The third kappa shape index (κ3) is 6.80. The van der Waals surface area contributed by atoms with Crippen LogP contribution in [0, 0.1) is 13.8 Å². The van der Waals surface area contributed by atoms with E-state index in [1.807, 2.05) is 6.07 Å². The summed E-state index contributed by atoms with van der Waals surface area (Å²) >= 11 is 0. The summed E-state index contributed by atoms with van der Waals surface area (Å²) in [5.41, 5.74) is 4.39. The molecule has 0 radical (unpaired) electrons. The topological polar surface area (TPSA) is 136 Å². The third-order valence-corrected chi connectivity index (χ3v) is 3.66. The molecule has 0 fully saturated rings. The third-order valence-electron chi connectivity index (χ3n) is 3.66. The van der Waals surface area contributed by atoms with Crippen molar-refractivity contribution in [2.24, 2.45) is 0 Å². The van der Waals surface area contributed by atoms with E-state index in [0.29, 0.717) is 26.1 Å². The van der Waals surface area contributed by atoms with Gasteiger partial charge in [-0.15, -0.1) is 0 Å². The molecule has 5 N–H and O–H groups in total. The molecule has 142 valence electrons. The fourth-order valence-corrected chi connectivity index (χ4v) is 2.25. The summed E-state index contributed by atoms with van der Waals surface area (Å²) < 4.78 is 0. The van der Waals surface area contributed by atoms with Gasteiger partial charge in [0.2, 0.25) is 5.91 Å². The van der Waals surface area contributed by atoms with Crippen molar-refractivity contribution in [1.82, 2.24) is 25.9 Å². The molecule has 1 aromatic carbocycles. The molecule has 3 amide bonds. The molecule has 0 spiro atoms. The molecule has 0 bridgehead atoms. The van der Waals surface area contributed by atoms with Gasteiger partial charge in [0, 0.05) is 33.0 Å². The maximum absolute atomic E-state index is 11.6. The predicted octanol–water partition coefficient (Wildman–Crippen LogP) is 0.858. The number of hydrogen-bond acceptors (Lipinski definition) is 4. The highest BCUT2D eigenvalue weighted by Gasteiger charge is 2.07. The molecule has 2 aromatic rings. The Bertz CT molecular complexity index is 757. The van der Waals surface area contributed by atoms with Crippen LogP contribution in [0.1, 0.15) is 23.9 Å². The number of urea groups is 1. The van der Waals surface area contributed by atoms with E-state index in [4.69, 9.17) is 9.90 Å². The van der Waals surface area contributed by atoms with Gasteiger partial charge in [0.25, 0.3) is 6.47 Å². The minimum Gasteiger partial charge on any atom is -0.483 e. The lowest BCUT2D eigenvalue weighted by atomic mass is 10.1. The largest absolute Gasteiger partial charge is 0.483 e. The fourth-order valence-electron chi connectivity index (χ4n) is 2.25. The van der Waals surface area contributed by atoms with Crippen LogP contribution in [-0.4, -0.2) is 53.1 Å². The van der Waals surface area contributed by atoms with Crippen LogP contribution in [0.2, 0.25) is 0 Å². The van der Waals surface area contributed by atoms with Crippen LogP contribution >= 0.6 is 0 Å². The number of aryl methyl sites for hydroxylation is 2. The Kier molecular flexibility index (Phi) is 8.62. The zero-order chi connectivity index (χ0) is 19.5. The monoisotopic (exact) mass is 363 g/mol. The first kappa shape index (κ1) is 20.9. The summed E-state index contributed by atoms with van der Waals surface area (Å²) in [6.45, 7) is 6.62. The van der Waals surface area contributed by atoms with Gasteiger partial charge in [-0.05, 0) is 31.0 Å². The number of carbonyl (C=O) groups is 3. The average molecular weight is 363 g/mol. The highest BCUT2D eigenvalue weighted by Crippen LogP contribution is 2.19. The lowest BCUT2D eigenvalue weighted by Crippen LogP contribution is -2.40. The summed E-state index contributed by atoms with van der Waals surface area (Å²) in [7, 11) is 0. The van der Waals surface area contributed by atoms with Gasteiger partial charge >= 0.3 is 6.03 Å². The van der Waals surface area contributed by atoms with Gasteiger partial charge < -0.3 is 26.0 Å². The molecular weight excluding hydrogens is 338 g/mol. The van der Waals surface area contributed by atoms with E-state index in [-0.39, 0.29) is 18.4 Å². The standard InChI is InChI=1S/C16H23N5O2.CH2O2/c1-10-4-5-13-15(11(10)2)21-14(20-13)6-7-18-16(23)19-9-8-17-12(3)22;2-1-3/h4-5H,6-9H2,1-3H3,(H,17,22)(H,20,21)(H2,18,19,23);1H,(H,2,3). The average Bonchev–Trinajstić information content (AvgIpc) is 2.99. The van der Waals surface area contributed by atoms with Gasteiger partial charge in [-0.2, -0.15) is 0 Å². The number of nitrogens with one attached hydrogen (secondary N) is 4. The van der Waals surface area contributed by atoms with E-state index in [1.54, 1.807) is 0 Å². The van der Waals surface area contributed by atoms with Gasteiger partial charge in [-0.1, -0.05) is 6.07 Å². The zero-order valence-corrected chi connectivity index (χ0v) is 15.2. The molecule has 26 heavy (non-hydrogen) atoms. The number of rotatable bonds is 6. The predicted molar refractivity (Wildman–Crippen MR) is 98.0 cm³/mol. The molecule has 1 heterocycles. The first-order valence-electron chi connectivity index (χ1n) is 8.17. The second-order valence-electron chi connectivity index (χ2n) is 5.61. The van der Waals surface area contributed by atoms with E-state index in [0.717, 1.165) is 16.9 Å². The molecule has 0 aliphatic heterocycles. The molecule has 0 saturated heterocycles. The summed E-state index contributed by atoms with van der Waals surface area (Å²) in [4.78, 5) is 38.5. The molecule has 2 rings (SSSR count). The van der Waals surface area contributed by atoms with Crippen LogP contribution in [-0.2, 0) is 16.0 Å². The van der Waals surface area contributed by atoms with Crippen LogP contribution < -0.4 is 16.0 Å². The number of carboxylic acid groups (broad SMARTS) is 1. The van der Waals surface area contributed by atoms with E-state index in [1.165, 1.54) is 18.1 Å². The van der Waals surface area contributed by atoms with E-state index < -0.39 is 0 Å². The molecule has 0 aliphatic rings. The number of H-pyrrole nitrogens is 1. The number of benzene rings is 1. The lowest BCUT2D eigenvalue weighted by molar-refractivity contribution is -0.123. The van der Waals surface area contributed by atoms with E-state index in [2.05, 4.69) is 45.8 Å². The molecule has 9 nitrogen and oxygen atoms in total. The molecule has 0 saturated carbocycles.